The maximum Gasteiger partial charge on any atom is 0.325 e. The van der Waals surface area contributed by atoms with Gasteiger partial charge in [-0.3, -0.25) is 14.5 Å². The number of carbonyl (C=O) groups is 3. The number of hydrogen-bond acceptors (Lipinski definition) is 5. The molecule has 2 aromatic carbocycles. The number of nitrogens with zero attached hydrogens (tertiary/aromatic N) is 3. The third-order valence-electron chi connectivity index (χ3n) is 5.96. The number of aromatic nitrogens is 1. The molecule has 1 aliphatic rings. The summed E-state index contributed by atoms with van der Waals surface area (Å²) in [6.07, 6.45) is 1.21. The molecule has 1 atom stereocenters. The molecule has 0 saturated carbocycles. The zero-order chi connectivity index (χ0) is 24.3. The minimum atomic E-state index is -1.35. The lowest BCUT2D eigenvalue weighted by atomic mass is 9.92. The average Bonchev–Trinajstić information content (AvgIpc) is 3.39. The van der Waals surface area contributed by atoms with Crippen LogP contribution in [0.1, 0.15) is 24.7 Å². The molecule has 3 aromatic rings. The first-order valence-corrected chi connectivity index (χ1v) is 10.9. The van der Waals surface area contributed by atoms with Gasteiger partial charge in [0.1, 0.15) is 29.4 Å². The van der Waals surface area contributed by atoms with Crippen LogP contribution in [0.25, 0.3) is 11.3 Å². The van der Waals surface area contributed by atoms with Crippen molar-refractivity contribution in [2.45, 2.75) is 25.3 Å². The van der Waals surface area contributed by atoms with Crippen LogP contribution in [0.15, 0.2) is 65.2 Å². The van der Waals surface area contributed by atoms with Crippen LogP contribution >= 0.6 is 0 Å². The second kappa shape index (κ2) is 9.46. The Morgan fingerprint density at radius 3 is 2.56 bits per heavy atom. The van der Waals surface area contributed by atoms with Crippen molar-refractivity contribution in [2.24, 2.45) is 0 Å². The van der Waals surface area contributed by atoms with Gasteiger partial charge >= 0.3 is 6.03 Å². The van der Waals surface area contributed by atoms with Crippen LogP contribution in [0, 0.1) is 5.82 Å². The molecule has 0 bridgehead atoms. The Morgan fingerprint density at radius 2 is 1.85 bits per heavy atom. The highest BCUT2D eigenvalue weighted by atomic mass is 19.1. The standard InChI is InChI=1S/C25H25FN4O4/c1-25(18-10-12-19(26)13-11-18)23(32)30(24(33)27-25)16-22(31)29(2)14-6-9-20-15-21(28-34-20)17-7-4-3-5-8-17/h3-5,7-8,10-13,15H,6,9,14,16H2,1-2H3,(H,27,33). The molecule has 1 unspecified atom stereocenters. The molecule has 0 radical (unpaired) electrons. The summed E-state index contributed by atoms with van der Waals surface area (Å²) < 4.78 is 18.6. The highest BCUT2D eigenvalue weighted by Crippen LogP contribution is 2.29. The predicted molar refractivity (Wildman–Crippen MR) is 122 cm³/mol. The van der Waals surface area contributed by atoms with Gasteiger partial charge in [-0.25, -0.2) is 9.18 Å². The topological polar surface area (TPSA) is 95.8 Å². The second-order valence-corrected chi connectivity index (χ2v) is 8.42. The molecule has 1 aromatic heterocycles. The number of halogens is 1. The minimum Gasteiger partial charge on any atom is -0.361 e. The highest BCUT2D eigenvalue weighted by molar-refractivity contribution is 6.09. The molecule has 1 N–H and O–H groups in total. The van der Waals surface area contributed by atoms with E-state index in [0.717, 1.165) is 16.2 Å². The zero-order valence-corrected chi connectivity index (χ0v) is 19.0. The Kier molecular flexibility index (Phi) is 6.45. The van der Waals surface area contributed by atoms with Gasteiger partial charge in [0.25, 0.3) is 5.91 Å². The van der Waals surface area contributed by atoms with Crippen LogP contribution in [0.2, 0.25) is 0 Å². The van der Waals surface area contributed by atoms with E-state index in [9.17, 15) is 18.8 Å². The summed E-state index contributed by atoms with van der Waals surface area (Å²) in [4.78, 5) is 40.5. The number of rotatable bonds is 8. The quantitative estimate of drug-likeness (QED) is 0.516. The Labute approximate surface area is 196 Å². The Hall–Kier alpha value is -4.01. The smallest absolute Gasteiger partial charge is 0.325 e. The number of carbonyl (C=O) groups excluding carboxylic acids is 3. The Bertz CT molecular complexity index is 1200. The summed E-state index contributed by atoms with van der Waals surface area (Å²) >= 11 is 0. The lowest BCUT2D eigenvalue weighted by Gasteiger charge is -2.23. The van der Waals surface area contributed by atoms with E-state index in [0.29, 0.717) is 30.7 Å². The molecule has 8 nitrogen and oxygen atoms in total. The van der Waals surface area contributed by atoms with Crippen molar-refractivity contribution < 1.29 is 23.3 Å². The molecule has 4 rings (SSSR count). The number of imide groups is 1. The van der Waals surface area contributed by atoms with Crippen molar-refractivity contribution in [3.8, 4) is 11.3 Å². The fourth-order valence-electron chi connectivity index (χ4n) is 3.87. The molecule has 34 heavy (non-hydrogen) atoms. The molecule has 0 aliphatic carbocycles. The minimum absolute atomic E-state index is 0.366. The molecule has 2 heterocycles. The Morgan fingerprint density at radius 1 is 1.15 bits per heavy atom. The number of amides is 4. The lowest BCUT2D eigenvalue weighted by Crippen LogP contribution is -2.43. The molecular formula is C25H25FN4O4. The summed E-state index contributed by atoms with van der Waals surface area (Å²) in [5.74, 6) is -0.654. The van der Waals surface area contributed by atoms with Crippen LogP contribution < -0.4 is 5.32 Å². The van der Waals surface area contributed by atoms with E-state index < -0.39 is 23.3 Å². The highest BCUT2D eigenvalue weighted by Gasteiger charge is 2.49. The summed E-state index contributed by atoms with van der Waals surface area (Å²) in [6, 6.07) is 16.2. The largest absolute Gasteiger partial charge is 0.361 e. The fraction of sp³-hybridized carbons (Fsp3) is 0.280. The zero-order valence-electron chi connectivity index (χ0n) is 19.0. The maximum atomic E-state index is 13.3. The van der Waals surface area contributed by atoms with Gasteiger partial charge in [-0.2, -0.15) is 0 Å². The van der Waals surface area contributed by atoms with Crippen molar-refractivity contribution in [2.75, 3.05) is 20.1 Å². The first-order valence-electron chi connectivity index (χ1n) is 10.9. The van der Waals surface area contributed by atoms with Gasteiger partial charge in [-0.05, 0) is 31.0 Å². The normalized spacial score (nSPS) is 17.7. The number of benzene rings is 2. The van der Waals surface area contributed by atoms with Crippen molar-refractivity contribution in [1.29, 1.82) is 0 Å². The van der Waals surface area contributed by atoms with Gasteiger partial charge in [0.05, 0.1) is 0 Å². The Balaban J connectivity index is 1.30. The monoisotopic (exact) mass is 464 g/mol. The first kappa shape index (κ1) is 23.2. The summed E-state index contributed by atoms with van der Waals surface area (Å²) in [5, 5.41) is 6.70. The van der Waals surface area contributed by atoms with Gasteiger partial charge in [0, 0.05) is 31.6 Å². The number of hydrogen-bond donors (Lipinski definition) is 1. The van der Waals surface area contributed by atoms with Gasteiger partial charge in [0.15, 0.2) is 0 Å². The molecule has 1 aliphatic heterocycles. The fourth-order valence-corrected chi connectivity index (χ4v) is 3.87. The summed E-state index contributed by atoms with van der Waals surface area (Å²) in [6.45, 7) is 1.58. The van der Waals surface area contributed by atoms with E-state index in [1.54, 1.807) is 7.05 Å². The third-order valence-corrected chi connectivity index (χ3v) is 5.96. The van der Waals surface area contributed by atoms with E-state index in [4.69, 9.17) is 4.52 Å². The first-order chi connectivity index (χ1) is 16.3. The van der Waals surface area contributed by atoms with Crippen LogP contribution in [-0.4, -0.2) is 52.9 Å². The summed E-state index contributed by atoms with van der Waals surface area (Å²) in [5.41, 5.74) is 0.804. The van der Waals surface area contributed by atoms with E-state index in [-0.39, 0.29) is 12.5 Å². The van der Waals surface area contributed by atoms with E-state index in [2.05, 4.69) is 10.5 Å². The van der Waals surface area contributed by atoms with Crippen LogP contribution in [0.5, 0.6) is 0 Å². The number of likely N-dealkylation sites (N-methyl/N-ethyl adjacent to an activating group) is 1. The molecule has 9 heteroatoms. The SMILES string of the molecule is CN(CCCc1cc(-c2ccccc2)no1)C(=O)CN1C(=O)NC(C)(c2ccc(F)cc2)C1=O. The molecule has 1 fully saturated rings. The van der Waals surface area contributed by atoms with Gasteiger partial charge in [-0.15, -0.1) is 0 Å². The molecule has 0 spiro atoms. The van der Waals surface area contributed by atoms with Crippen LogP contribution in [0.4, 0.5) is 9.18 Å². The van der Waals surface area contributed by atoms with Gasteiger partial charge in [0.2, 0.25) is 5.91 Å². The van der Waals surface area contributed by atoms with Gasteiger partial charge < -0.3 is 14.7 Å². The van der Waals surface area contributed by atoms with Crippen LogP contribution in [0.3, 0.4) is 0 Å². The van der Waals surface area contributed by atoms with Crippen molar-refractivity contribution in [3.05, 3.63) is 77.8 Å². The molecule has 176 valence electrons. The lowest BCUT2D eigenvalue weighted by molar-refractivity contribution is -0.138. The molecular weight excluding hydrogens is 439 g/mol. The average molecular weight is 464 g/mol. The van der Waals surface area contributed by atoms with Gasteiger partial charge in [-0.1, -0.05) is 47.6 Å². The third kappa shape index (κ3) is 4.68. The number of aryl methyl sites for hydroxylation is 1. The van der Waals surface area contributed by atoms with Crippen molar-refractivity contribution in [1.82, 2.24) is 20.3 Å². The van der Waals surface area contributed by atoms with E-state index in [1.807, 2.05) is 36.4 Å². The van der Waals surface area contributed by atoms with Crippen LogP contribution in [-0.2, 0) is 21.5 Å². The molecule has 4 amide bonds. The maximum absolute atomic E-state index is 13.3. The van der Waals surface area contributed by atoms with Crippen molar-refractivity contribution in [3.63, 3.8) is 0 Å². The summed E-state index contributed by atoms with van der Waals surface area (Å²) in [7, 11) is 1.62. The predicted octanol–water partition coefficient (Wildman–Crippen LogP) is 3.34. The molecule has 1 saturated heterocycles. The van der Waals surface area contributed by atoms with Crippen molar-refractivity contribution >= 4 is 17.8 Å². The van der Waals surface area contributed by atoms with E-state index in [1.165, 1.54) is 36.1 Å². The number of nitrogens with one attached hydrogen (secondary N) is 1. The number of urea groups is 1. The second-order valence-electron chi connectivity index (χ2n) is 8.42. The van der Waals surface area contributed by atoms with E-state index >= 15 is 0 Å².